The van der Waals surface area contributed by atoms with Gasteiger partial charge >= 0.3 is 5.97 Å². The second kappa shape index (κ2) is 10.2. The molecule has 8 nitrogen and oxygen atoms in total. The van der Waals surface area contributed by atoms with Gasteiger partial charge in [-0.15, -0.1) is 0 Å². The third-order valence-corrected chi connectivity index (χ3v) is 5.40. The zero-order valence-electron chi connectivity index (χ0n) is 18.5. The summed E-state index contributed by atoms with van der Waals surface area (Å²) in [5.74, 6) is -1.23. The van der Waals surface area contributed by atoms with Crippen molar-refractivity contribution < 1.29 is 28.7 Å². The SMILES string of the molecule is CCOc1ccccc1N1C(=O)C(Cl)=C(Nc2ccc(C(=O)Oc3ccc(C=O)cc3)cc2)C1=O. The third-order valence-electron chi connectivity index (χ3n) is 5.05. The number of nitrogens with one attached hydrogen (secondary N) is 1. The molecule has 0 atom stereocenters. The zero-order chi connectivity index (χ0) is 24.9. The van der Waals surface area contributed by atoms with Gasteiger partial charge in [0.15, 0.2) is 0 Å². The Hall–Kier alpha value is -4.43. The fourth-order valence-corrected chi connectivity index (χ4v) is 3.58. The minimum Gasteiger partial charge on any atom is -0.492 e. The van der Waals surface area contributed by atoms with E-state index in [1.165, 1.54) is 36.4 Å². The van der Waals surface area contributed by atoms with Gasteiger partial charge in [0.05, 0.1) is 17.9 Å². The number of anilines is 2. The van der Waals surface area contributed by atoms with Crippen molar-refractivity contribution >= 4 is 47.0 Å². The highest BCUT2D eigenvalue weighted by atomic mass is 35.5. The number of amides is 2. The van der Waals surface area contributed by atoms with Crippen LogP contribution in [0.5, 0.6) is 11.5 Å². The van der Waals surface area contributed by atoms with E-state index < -0.39 is 17.8 Å². The number of imide groups is 1. The molecule has 0 saturated heterocycles. The summed E-state index contributed by atoms with van der Waals surface area (Å²) in [5, 5.41) is 2.60. The molecule has 1 aliphatic heterocycles. The average Bonchev–Trinajstić information content (AvgIpc) is 3.08. The first kappa shape index (κ1) is 23.7. The minimum absolute atomic E-state index is 0.0893. The maximum atomic E-state index is 13.1. The first-order valence-corrected chi connectivity index (χ1v) is 11.0. The van der Waals surface area contributed by atoms with E-state index in [2.05, 4.69) is 5.32 Å². The number of esters is 1. The van der Waals surface area contributed by atoms with Crippen molar-refractivity contribution in [1.82, 2.24) is 0 Å². The molecule has 9 heteroatoms. The van der Waals surface area contributed by atoms with Crippen LogP contribution >= 0.6 is 11.6 Å². The molecule has 2 amide bonds. The van der Waals surface area contributed by atoms with Crippen LogP contribution in [0.4, 0.5) is 11.4 Å². The molecule has 1 N–H and O–H groups in total. The number of hydrogen-bond donors (Lipinski definition) is 1. The number of carbonyl (C=O) groups excluding carboxylic acids is 4. The van der Waals surface area contributed by atoms with Gasteiger partial charge in [0.2, 0.25) is 0 Å². The summed E-state index contributed by atoms with van der Waals surface area (Å²) in [4.78, 5) is 49.9. The normalized spacial score (nSPS) is 13.1. The van der Waals surface area contributed by atoms with Crippen LogP contribution in [0.2, 0.25) is 0 Å². The Labute approximate surface area is 205 Å². The van der Waals surface area contributed by atoms with Crippen molar-refractivity contribution in [2.75, 3.05) is 16.8 Å². The van der Waals surface area contributed by atoms with Gasteiger partial charge in [-0.25, -0.2) is 9.69 Å². The summed E-state index contributed by atoms with van der Waals surface area (Å²) >= 11 is 6.21. The molecule has 35 heavy (non-hydrogen) atoms. The van der Waals surface area contributed by atoms with Gasteiger partial charge in [-0.1, -0.05) is 23.7 Å². The lowest BCUT2D eigenvalue weighted by atomic mass is 10.2. The molecule has 0 unspecified atom stereocenters. The lowest BCUT2D eigenvalue weighted by Crippen LogP contribution is -2.32. The first-order valence-electron chi connectivity index (χ1n) is 10.6. The number of halogens is 1. The molecule has 176 valence electrons. The monoisotopic (exact) mass is 490 g/mol. The van der Waals surface area contributed by atoms with Gasteiger partial charge in [0, 0.05) is 11.3 Å². The van der Waals surface area contributed by atoms with E-state index in [0.717, 1.165) is 4.90 Å². The quantitative estimate of drug-likeness (QED) is 0.214. The van der Waals surface area contributed by atoms with Crippen LogP contribution in [0.15, 0.2) is 83.5 Å². The van der Waals surface area contributed by atoms with E-state index in [9.17, 15) is 19.2 Å². The molecule has 0 fully saturated rings. The van der Waals surface area contributed by atoms with Crippen LogP contribution in [0.25, 0.3) is 0 Å². The Bertz CT molecular complexity index is 1330. The number of ether oxygens (including phenoxy) is 2. The van der Waals surface area contributed by atoms with E-state index in [0.29, 0.717) is 41.3 Å². The van der Waals surface area contributed by atoms with Crippen LogP contribution in [-0.2, 0) is 9.59 Å². The summed E-state index contributed by atoms with van der Waals surface area (Å²) in [5.41, 5.74) is 1.36. The summed E-state index contributed by atoms with van der Waals surface area (Å²) < 4.78 is 10.8. The Morgan fingerprint density at radius 2 is 1.66 bits per heavy atom. The van der Waals surface area contributed by atoms with Gasteiger partial charge in [-0.3, -0.25) is 14.4 Å². The Kier molecular flexibility index (Phi) is 6.93. The van der Waals surface area contributed by atoms with E-state index in [-0.39, 0.29) is 16.3 Å². The number of hydrogen-bond acceptors (Lipinski definition) is 7. The predicted octanol–water partition coefficient (Wildman–Crippen LogP) is 4.55. The van der Waals surface area contributed by atoms with Gasteiger partial charge in [-0.2, -0.15) is 0 Å². The molecule has 0 spiro atoms. The summed E-state index contributed by atoms with van der Waals surface area (Å²) in [7, 11) is 0. The second-order valence-corrected chi connectivity index (χ2v) is 7.69. The first-order chi connectivity index (χ1) is 16.9. The van der Waals surface area contributed by atoms with E-state index in [1.54, 1.807) is 43.3 Å². The highest BCUT2D eigenvalue weighted by molar-refractivity contribution is 6.53. The Morgan fingerprint density at radius 1 is 0.971 bits per heavy atom. The van der Waals surface area contributed by atoms with E-state index >= 15 is 0 Å². The topological polar surface area (TPSA) is 102 Å². The van der Waals surface area contributed by atoms with Gasteiger partial charge in [0.25, 0.3) is 11.8 Å². The van der Waals surface area contributed by atoms with Crippen molar-refractivity contribution in [1.29, 1.82) is 0 Å². The summed E-state index contributed by atoms with van der Waals surface area (Å²) in [6, 6.07) is 18.9. The molecular weight excluding hydrogens is 472 g/mol. The summed E-state index contributed by atoms with van der Waals surface area (Å²) in [6.45, 7) is 2.16. The third kappa shape index (κ3) is 4.92. The van der Waals surface area contributed by atoms with Crippen molar-refractivity contribution in [3.8, 4) is 11.5 Å². The molecule has 0 saturated carbocycles. The lowest BCUT2D eigenvalue weighted by Gasteiger charge is -2.18. The molecule has 1 heterocycles. The zero-order valence-corrected chi connectivity index (χ0v) is 19.2. The van der Waals surface area contributed by atoms with E-state index in [1.807, 2.05) is 0 Å². The van der Waals surface area contributed by atoms with Crippen molar-refractivity contribution in [3.05, 3.63) is 94.7 Å². The van der Waals surface area contributed by atoms with Crippen LogP contribution in [0.3, 0.4) is 0 Å². The maximum Gasteiger partial charge on any atom is 0.343 e. The van der Waals surface area contributed by atoms with Crippen LogP contribution in [-0.4, -0.2) is 30.7 Å². The van der Waals surface area contributed by atoms with Gasteiger partial charge in [0.1, 0.15) is 28.5 Å². The van der Waals surface area contributed by atoms with Crippen LogP contribution in [0, 0.1) is 0 Å². The molecule has 3 aromatic rings. The number of aldehydes is 1. The molecule has 1 aliphatic rings. The molecule has 0 bridgehead atoms. The summed E-state index contributed by atoms with van der Waals surface area (Å²) in [6.07, 6.45) is 0.693. The largest absolute Gasteiger partial charge is 0.492 e. The molecular formula is C26H19ClN2O6. The Balaban J connectivity index is 1.48. The molecule has 3 aromatic carbocycles. The molecule has 0 aromatic heterocycles. The number of benzene rings is 3. The Morgan fingerprint density at radius 3 is 2.31 bits per heavy atom. The maximum absolute atomic E-state index is 13.1. The van der Waals surface area contributed by atoms with Crippen molar-refractivity contribution in [2.24, 2.45) is 0 Å². The smallest absolute Gasteiger partial charge is 0.343 e. The molecule has 4 rings (SSSR count). The number of carbonyl (C=O) groups is 4. The highest BCUT2D eigenvalue weighted by Gasteiger charge is 2.40. The number of nitrogens with zero attached hydrogens (tertiary/aromatic N) is 1. The highest BCUT2D eigenvalue weighted by Crippen LogP contribution is 2.35. The molecule has 0 radical (unpaired) electrons. The number of rotatable bonds is 8. The molecule has 0 aliphatic carbocycles. The van der Waals surface area contributed by atoms with Crippen molar-refractivity contribution in [3.63, 3.8) is 0 Å². The number of para-hydroxylation sites is 2. The standard InChI is InChI=1S/C26H19ClN2O6/c1-2-34-21-6-4-3-5-20(21)29-24(31)22(27)23(25(29)32)28-18-11-9-17(10-12-18)26(33)35-19-13-7-16(15-30)8-14-19/h3-15,28H,2H2,1H3. The average molecular weight is 491 g/mol. The van der Waals surface area contributed by atoms with Gasteiger partial charge in [-0.05, 0) is 67.6 Å². The van der Waals surface area contributed by atoms with Crippen LogP contribution in [0.1, 0.15) is 27.6 Å². The fraction of sp³-hybridized carbons (Fsp3) is 0.0769. The predicted molar refractivity (Wildman–Crippen MR) is 130 cm³/mol. The van der Waals surface area contributed by atoms with Crippen molar-refractivity contribution in [2.45, 2.75) is 6.92 Å². The lowest BCUT2D eigenvalue weighted by molar-refractivity contribution is -0.120. The second-order valence-electron chi connectivity index (χ2n) is 7.31. The van der Waals surface area contributed by atoms with Crippen LogP contribution < -0.4 is 19.7 Å². The minimum atomic E-state index is -0.674. The fourth-order valence-electron chi connectivity index (χ4n) is 3.36. The van der Waals surface area contributed by atoms with Gasteiger partial charge < -0.3 is 14.8 Å². The van der Waals surface area contributed by atoms with E-state index in [4.69, 9.17) is 21.1 Å².